The zero-order valence-electron chi connectivity index (χ0n) is 12.1. The molecule has 18 heavy (non-hydrogen) atoms. The molecule has 0 amide bonds. The molecule has 1 aliphatic heterocycles. The Hall–Kier alpha value is -0.0400. The van der Waals surface area contributed by atoms with Gasteiger partial charge in [0.1, 0.15) is 0 Å². The molecule has 1 fully saturated rings. The van der Waals surface area contributed by atoms with E-state index in [2.05, 4.69) is 42.9 Å². The van der Waals surface area contributed by atoms with Gasteiger partial charge in [-0.1, -0.05) is 13.8 Å². The Balaban J connectivity index is 0.00000289. The summed E-state index contributed by atoms with van der Waals surface area (Å²) in [5.41, 5.74) is 5.79. The largest absolute Gasteiger partial charge is 0.370 e. The second-order valence-corrected chi connectivity index (χ2v) is 5.83. The normalized spacial score (nSPS) is 21.4. The predicted octanol–water partition coefficient (Wildman–Crippen LogP) is 1.90. The van der Waals surface area contributed by atoms with Crippen LogP contribution in [0, 0.1) is 11.8 Å². The van der Waals surface area contributed by atoms with Crippen molar-refractivity contribution in [1.82, 2.24) is 10.2 Å². The van der Waals surface area contributed by atoms with Crippen molar-refractivity contribution in [2.24, 2.45) is 22.6 Å². The van der Waals surface area contributed by atoms with Crippen LogP contribution in [-0.4, -0.2) is 43.1 Å². The maximum Gasteiger partial charge on any atom is 0.188 e. The highest BCUT2D eigenvalue weighted by Crippen LogP contribution is 2.17. The van der Waals surface area contributed by atoms with Gasteiger partial charge in [0.15, 0.2) is 5.96 Å². The van der Waals surface area contributed by atoms with E-state index in [0.717, 1.165) is 12.5 Å². The highest BCUT2D eigenvalue weighted by atomic mass is 127. The van der Waals surface area contributed by atoms with Gasteiger partial charge in [0, 0.05) is 25.7 Å². The average Bonchev–Trinajstić information content (AvgIpc) is 2.60. The van der Waals surface area contributed by atoms with Crippen LogP contribution >= 0.6 is 24.0 Å². The van der Waals surface area contributed by atoms with Crippen LogP contribution in [0.5, 0.6) is 0 Å². The first-order valence-electron chi connectivity index (χ1n) is 6.76. The van der Waals surface area contributed by atoms with Crippen LogP contribution in [0.15, 0.2) is 4.99 Å². The van der Waals surface area contributed by atoms with Crippen LogP contribution in [0.25, 0.3) is 0 Å². The second-order valence-electron chi connectivity index (χ2n) is 5.83. The zero-order valence-corrected chi connectivity index (χ0v) is 14.5. The number of aliphatic imine (C=N–C) groups is 1. The molecule has 0 aromatic rings. The number of guanidine groups is 1. The van der Waals surface area contributed by atoms with Gasteiger partial charge in [-0.15, -0.1) is 24.0 Å². The number of halogens is 1. The molecule has 3 N–H and O–H groups in total. The molecule has 0 spiro atoms. The first-order valence-corrected chi connectivity index (χ1v) is 6.76. The van der Waals surface area contributed by atoms with E-state index in [0.29, 0.717) is 17.9 Å². The first-order chi connectivity index (χ1) is 7.97. The van der Waals surface area contributed by atoms with Crippen LogP contribution in [-0.2, 0) is 0 Å². The summed E-state index contributed by atoms with van der Waals surface area (Å²) < 4.78 is 0. The zero-order chi connectivity index (χ0) is 12.8. The van der Waals surface area contributed by atoms with E-state index >= 15 is 0 Å². The van der Waals surface area contributed by atoms with Gasteiger partial charge in [0.25, 0.3) is 0 Å². The van der Waals surface area contributed by atoms with Gasteiger partial charge in [0.05, 0.1) is 0 Å². The molecule has 108 valence electrons. The molecule has 1 aliphatic rings. The number of likely N-dealkylation sites (tertiary alicyclic amines) is 1. The van der Waals surface area contributed by atoms with Crippen molar-refractivity contribution >= 4 is 29.9 Å². The van der Waals surface area contributed by atoms with E-state index < -0.39 is 0 Å². The molecule has 4 nitrogen and oxygen atoms in total. The Bertz CT molecular complexity index is 253. The summed E-state index contributed by atoms with van der Waals surface area (Å²) in [6.07, 6.45) is 1.26. The van der Waals surface area contributed by atoms with Gasteiger partial charge < -0.3 is 16.0 Å². The number of nitrogens with two attached hydrogens (primary N) is 1. The van der Waals surface area contributed by atoms with Crippen LogP contribution < -0.4 is 11.1 Å². The van der Waals surface area contributed by atoms with Gasteiger partial charge in [-0.2, -0.15) is 0 Å². The van der Waals surface area contributed by atoms with Crippen molar-refractivity contribution < 1.29 is 0 Å². The Morgan fingerprint density at radius 2 is 2.06 bits per heavy atom. The summed E-state index contributed by atoms with van der Waals surface area (Å²) in [4.78, 5) is 6.96. The summed E-state index contributed by atoms with van der Waals surface area (Å²) in [5, 5.41) is 3.12. The first kappa shape index (κ1) is 18.0. The van der Waals surface area contributed by atoms with Crippen LogP contribution in [0.2, 0.25) is 0 Å². The lowest BCUT2D eigenvalue weighted by atomic mass is 10.1. The fourth-order valence-corrected chi connectivity index (χ4v) is 2.31. The van der Waals surface area contributed by atoms with Crippen molar-refractivity contribution in [1.29, 1.82) is 0 Å². The van der Waals surface area contributed by atoms with Gasteiger partial charge in [-0.3, -0.25) is 4.99 Å². The molecule has 0 radical (unpaired) electrons. The molecule has 1 unspecified atom stereocenters. The molecule has 0 aromatic carbocycles. The summed E-state index contributed by atoms with van der Waals surface area (Å²) in [5.74, 6) is 2.02. The molecule has 0 aromatic heterocycles. The number of hydrogen-bond acceptors (Lipinski definition) is 2. The Labute approximate surface area is 129 Å². The lowest BCUT2D eigenvalue weighted by Crippen LogP contribution is -2.37. The maximum absolute atomic E-state index is 5.79. The smallest absolute Gasteiger partial charge is 0.188 e. The van der Waals surface area contributed by atoms with Crippen molar-refractivity contribution in [3.05, 3.63) is 0 Å². The third-order valence-electron chi connectivity index (χ3n) is 2.95. The molecule has 0 bridgehead atoms. The topological polar surface area (TPSA) is 53.6 Å². The summed E-state index contributed by atoms with van der Waals surface area (Å²) >= 11 is 0. The lowest BCUT2D eigenvalue weighted by Gasteiger charge is -2.17. The van der Waals surface area contributed by atoms with E-state index in [-0.39, 0.29) is 24.0 Å². The molecule has 0 saturated carbocycles. The molecule has 1 saturated heterocycles. The summed E-state index contributed by atoms with van der Waals surface area (Å²) in [6, 6.07) is 0.361. The van der Waals surface area contributed by atoms with Crippen molar-refractivity contribution in [3.63, 3.8) is 0 Å². The van der Waals surface area contributed by atoms with Crippen molar-refractivity contribution in [2.45, 2.75) is 40.2 Å². The SMILES string of the molecule is CC(C)CN1CCC(CN=C(N)NC(C)C)C1.I. The monoisotopic (exact) mass is 368 g/mol. The van der Waals surface area contributed by atoms with Gasteiger partial charge in [0.2, 0.25) is 0 Å². The minimum atomic E-state index is 0. The number of nitrogens with zero attached hydrogens (tertiary/aromatic N) is 2. The minimum absolute atomic E-state index is 0. The van der Waals surface area contributed by atoms with Gasteiger partial charge in [-0.05, 0) is 38.6 Å². The minimum Gasteiger partial charge on any atom is -0.370 e. The highest BCUT2D eigenvalue weighted by Gasteiger charge is 2.22. The summed E-state index contributed by atoms with van der Waals surface area (Å²) in [6.45, 7) is 13.2. The second kappa shape index (κ2) is 8.96. The molecular formula is C13H29IN4. The van der Waals surface area contributed by atoms with Crippen LogP contribution in [0.1, 0.15) is 34.1 Å². The van der Waals surface area contributed by atoms with E-state index in [1.54, 1.807) is 0 Å². The fourth-order valence-electron chi connectivity index (χ4n) is 2.31. The average molecular weight is 368 g/mol. The van der Waals surface area contributed by atoms with E-state index in [1.807, 2.05) is 0 Å². The molecular weight excluding hydrogens is 339 g/mol. The number of rotatable bonds is 5. The van der Waals surface area contributed by atoms with Crippen LogP contribution in [0.3, 0.4) is 0 Å². The Morgan fingerprint density at radius 3 is 2.61 bits per heavy atom. The van der Waals surface area contributed by atoms with E-state index in [1.165, 1.54) is 26.1 Å². The third kappa shape index (κ3) is 7.41. The molecule has 1 atom stereocenters. The molecule has 1 heterocycles. The predicted molar refractivity (Wildman–Crippen MR) is 89.6 cm³/mol. The maximum atomic E-state index is 5.79. The Kier molecular flexibility index (Phi) is 8.94. The quantitative estimate of drug-likeness (QED) is 0.443. The number of hydrogen-bond donors (Lipinski definition) is 2. The highest BCUT2D eigenvalue weighted by molar-refractivity contribution is 14.0. The summed E-state index contributed by atoms with van der Waals surface area (Å²) in [7, 11) is 0. The van der Waals surface area contributed by atoms with Crippen molar-refractivity contribution in [2.75, 3.05) is 26.2 Å². The number of nitrogens with one attached hydrogen (secondary N) is 1. The van der Waals surface area contributed by atoms with Gasteiger partial charge >= 0.3 is 0 Å². The Morgan fingerprint density at radius 1 is 1.39 bits per heavy atom. The standard InChI is InChI=1S/C13H28N4.HI/c1-10(2)8-17-6-5-12(9-17)7-15-13(14)16-11(3)4;/h10-12H,5-9H2,1-4H3,(H3,14,15,16);1H. The fraction of sp³-hybridized carbons (Fsp3) is 0.923. The van der Waals surface area contributed by atoms with E-state index in [4.69, 9.17) is 5.73 Å². The molecule has 5 heteroatoms. The van der Waals surface area contributed by atoms with Gasteiger partial charge in [-0.25, -0.2) is 0 Å². The molecule has 0 aliphatic carbocycles. The lowest BCUT2D eigenvalue weighted by molar-refractivity contribution is 0.288. The van der Waals surface area contributed by atoms with Crippen molar-refractivity contribution in [3.8, 4) is 0 Å². The third-order valence-corrected chi connectivity index (χ3v) is 2.95. The van der Waals surface area contributed by atoms with Crippen LogP contribution in [0.4, 0.5) is 0 Å². The molecule has 1 rings (SSSR count). The van der Waals surface area contributed by atoms with E-state index in [9.17, 15) is 0 Å².